The predicted molar refractivity (Wildman–Crippen MR) is 223 cm³/mol. The van der Waals surface area contributed by atoms with Crippen LogP contribution in [-0.4, -0.2) is 46.9 Å². The van der Waals surface area contributed by atoms with Gasteiger partial charge >= 0.3 is 5.97 Å². The monoisotopic (exact) mass is 736 g/mol. The Bertz CT molecular complexity index is 787. The average molecular weight is 736 g/mol. The molecule has 3 N–H and O–H groups in total. The molecule has 0 saturated carbocycles. The summed E-state index contributed by atoms with van der Waals surface area (Å²) in [5, 5.41) is 23.6. The van der Waals surface area contributed by atoms with Crippen LogP contribution >= 0.6 is 0 Å². The molecule has 0 aliphatic heterocycles. The third-order valence-corrected chi connectivity index (χ3v) is 10.6. The summed E-state index contributed by atoms with van der Waals surface area (Å²) >= 11 is 0. The first kappa shape index (κ1) is 50.6. The minimum absolute atomic E-state index is 0.0772. The van der Waals surface area contributed by atoms with Crippen LogP contribution < -0.4 is 5.32 Å². The Morgan fingerprint density at radius 3 is 1.37 bits per heavy atom. The van der Waals surface area contributed by atoms with E-state index in [1.807, 2.05) is 0 Å². The van der Waals surface area contributed by atoms with Gasteiger partial charge in [0.1, 0.15) is 6.10 Å². The van der Waals surface area contributed by atoms with E-state index in [4.69, 9.17) is 4.74 Å². The summed E-state index contributed by atoms with van der Waals surface area (Å²) in [7, 11) is 0. The molecule has 0 aromatic rings. The van der Waals surface area contributed by atoms with E-state index in [-0.39, 0.29) is 24.9 Å². The van der Waals surface area contributed by atoms with Gasteiger partial charge in [-0.25, -0.2) is 0 Å². The molecule has 0 fully saturated rings. The first-order valence-electron chi connectivity index (χ1n) is 22.9. The number of nitrogens with one attached hydrogen (secondary N) is 1. The molecule has 308 valence electrons. The number of aliphatic hydroxyl groups excluding tert-OH is 2. The lowest BCUT2D eigenvalue weighted by atomic mass is 10.0. The van der Waals surface area contributed by atoms with Crippen molar-refractivity contribution in [1.29, 1.82) is 0 Å². The van der Waals surface area contributed by atoms with E-state index in [2.05, 4.69) is 38.2 Å². The number of ether oxygens (including phenoxy) is 1. The lowest BCUT2D eigenvalue weighted by Crippen LogP contribution is -2.46. The van der Waals surface area contributed by atoms with Crippen LogP contribution in [0.2, 0.25) is 0 Å². The first-order valence-corrected chi connectivity index (χ1v) is 22.9. The van der Waals surface area contributed by atoms with Crippen molar-refractivity contribution in [3.8, 4) is 0 Å². The van der Waals surface area contributed by atoms with Crippen molar-refractivity contribution in [2.75, 3.05) is 6.61 Å². The van der Waals surface area contributed by atoms with Crippen molar-refractivity contribution < 1.29 is 24.5 Å². The summed E-state index contributed by atoms with van der Waals surface area (Å²) in [4.78, 5) is 25.9. The molecule has 0 heterocycles. The highest BCUT2D eigenvalue weighted by Gasteiger charge is 2.24. The quantitative estimate of drug-likeness (QED) is 0.0330. The second kappa shape index (κ2) is 40.8. The standard InChI is InChI=1S/C46H89NO5/c1-4-7-10-13-16-19-21-22-23-24-27-30-33-36-39-46(51)52-42(37-34-31-28-25-18-15-12-9-6-3)40-45(50)47-43(41-48)44(49)38-35-32-29-26-20-17-14-11-8-5-2/h23-24,42-44,48-49H,4-22,25-41H2,1-3H3,(H,47,50)/b24-23-. The fraction of sp³-hybridized carbons (Fsp3) is 0.913. The maximum atomic E-state index is 13.1. The van der Waals surface area contributed by atoms with Gasteiger partial charge in [-0.3, -0.25) is 9.59 Å². The summed E-state index contributed by atoms with van der Waals surface area (Å²) in [5.41, 5.74) is 0. The fourth-order valence-electron chi connectivity index (χ4n) is 7.07. The predicted octanol–water partition coefficient (Wildman–Crippen LogP) is 13.0. The number of rotatable bonds is 41. The van der Waals surface area contributed by atoms with Gasteiger partial charge < -0.3 is 20.3 Å². The molecule has 0 aromatic heterocycles. The van der Waals surface area contributed by atoms with Crippen LogP contribution in [0, 0.1) is 0 Å². The average Bonchev–Trinajstić information content (AvgIpc) is 3.13. The SMILES string of the molecule is CCCCCCCCC/C=C\CCCCCC(=O)OC(CCCCCCCCCCC)CC(=O)NC(CO)C(O)CCCCCCCCCCCC. The number of allylic oxidation sites excluding steroid dienone is 2. The Kier molecular flexibility index (Phi) is 39.7. The normalized spacial score (nSPS) is 13.4. The fourth-order valence-corrected chi connectivity index (χ4v) is 7.07. The third kappa shape index (κ3) is 35.6. The van der Waals surface area contributed by atoms with Crippen molar-refractivity contribution >= 4 is 11.9 Å². The highest BCUT2D eigenvalue weighted by molar-refractivity contribution is 5.77. The van der Waals surface area contributed by atoms with Crippen molar-refractivity contribution in [1.82, 2.24) is 5.32 Å². The smallest absolute Gasteiger partial charge is 0.306 e. The minimum atomic E-state index is -0.781. The molecule has 0 aliphatic rings. The molecule has 3 atom stereocenters. The van der Waals surface area contributed by atoms with Crippen molar-refractivity contribution in [3.63, 3.8) is 0 Å². The molecule has 0 aliphatic carbocycles. The Balaban J connectivity index is 4.53. The number of carbonyl (C=O) groups is 2. The molecule has 1 amide bonds. The maximum absolute atomic E-state index is 13.1. The van der Waals surface area contributed by atoms with Crippen LogP contribution in [-0.2, 0) is 14.3 Å². The number of unbranched alkanes of at least 4 members (excludes halogenated alkanes) is 27. The van der Waals surface area contributed by atoms with Gasteiger partial charge in [-0.05, 0) is 51.4 Å². The lowest BCUT2D eigenvalue weighted by Gasteiger charge is -2.24. The molecule has 0 aromatic carbocycles. The van der Waals surface area contributed by atoms with E-state index in [9.17, 15) is 19.8 Å². The topological polar surface area (TPSA) is 95.9 Å². The zero-order valence-electron chi connectivity index (χ0n) is 35.0. The molecule has 0 spiro atoms. The number of amides is 1. The van der Waals surface area contributed by atoms with E-state index >= 15 is 0 Å². The minimum Gasteiger partial charge on any atom is -0.462 e. The number of carbonyl (C=O) groups excluding carboxylic acids is 2. The van der Waals surface area contributed by atoms with Gasteiger partial charge in [0.2, 0.25) is 5.91 Å². The third-order valence-electron chi connectivity index (χ3n) is 10.6. The van der Waals surface area contributed by atoms with Gasteiger partial charge in [-0.1, -0.05) is 193 Å². The highest BCUT2D eigenvalue weighted by atomic mass is 16.5. The number of hydrogen-bond acceptors (Lipinski definition) is 5. The zero-order chi connectivity index (χ0) is 38.2. The molecular weight excluding hydrogens is 647 g/mol. The maximum Gasteiger partial charge on any atom is 0.306 e. The first-order chi connectivity index (χ1) is 25.5. The van der Waals surface area contributed by atoms with Crippen molar-refractivity contribution in [2.45, 2.75) is 264 Å². The van der Waals surface area contributed by atoms with Crippen LogP contribution in [0.1, 0.15) is 245 Å². The zero-order valence-corrected chi connectivity index (χ0v) is 35.0. The summed E-state index contributed by atoms with van der Waals surface area (Å²) < 4.78 is 5.88. The Labute approximate surface area is 323 Å². The molecule has 0 saturated heterocycles. The highest BCUT2D eigenvalue weighted by Crippen LogP contribution is 2.17. The van der Waals surface area contributed by atoms with Gasteiger partial charge in [-0.15, -0.1) is 0 Å². The number of hydrogen-bond donors (Lipinski definition) is 3. The van der Waals surface area contributed by atoms with Crippen molar-refractivity contribution in [2.24, 2.45) is 0 Å². The molecule has 0 rings (SSSR count). The van der Waals surface area contributed by atoms with E-state index < -0.39 is 18.2 Å². The molecule has 0 bridgehead atoms. The number of esters is 1. The van der Waals surface area contributed by atoms with Gasteiger partial charge in [0.15, 0.2) is 0 Å². The Morgan fingerprint density at radius 2 is 0.923 bits per heavy atom. The van der Waals surface area contributed by atoms with Gasteiger partial charge in [-0.2, -0.15) is 0 Å². The van der Waals surface area contributed by atoms with Gasteiger partial charge in [0.05, 0.1) is 25.2 Å². The molecule has 6 heteroatoms. The van der Waals surface area contributed by atoms with Crippen LogP contribution in [0.5, 0.6) is 0 Å². The molecule has 0 radical (unpaired) electrons. The second-order valence-electron chi connectivity index (χ2n) is 15.8. The van der Waals surface area contributed by atoms with Gasteiger partial charge in [0, 0.05) is 6.42 Å². The van der Waals surface area contributed by atoms with Crippen LogP contribution in [0.25, 0.3) is 0 Å². The molecule has 52 heavy (non-hydrogen) atoms. The molecule has 3 unspecified atom stereocenters. The molecular formula is C46H89NO5. The summed E-state index contributed by atoms with van der Waals surface area (Å²) in [5.74, 6) is -0.485. The Morgan fingerprint density at radius 1 is 0.538 bits per heavy atom. The largest absolute Gasteiger partial charge is 0.462 e. The van der Waals surface area contributed by atoms with E-state index in [0.29, 0.717) is 19.3 Å². The summed E-state index contributed by atoms with van der Waals surface area (Å²) in [6.07, 6.45) is 42.7. The van der Waals surface area contributed by atoms with E-state index in [0.717, 1.165) is 51.4 Å². The number of aliphatic hydroxyl groups is 2. The van der Waals surface area contributed by atoms with Crippen molar-refractivity contribution in [3.05, 3.63) is 12.2 Å². The van der Waals surface area contributed by atoms with Crippen LogP contribution in [0.3, 0.4) is 0 Å². The van der Waals surface area contributed by atoms with E-state index in [1.54, 1.807) is 0 Å². The van der Waals surface area contributed by atoms with Crippen LogP contribution in [0.15, 0.2) is 12.2 Å². The summed E-state index contributed by atoms with van der Waals surface area (Å²) in [6.45, 7) is 6.45. The Hall–Kier alpha value is -1.40. The van der Waals surface area contributed by atoms with Gasteiger partial charge in [0.25, 0.3) is 0 Å². The second-order valence-corrected chi connectivity index (χ2v) is 15.8. The lowest BCUT2D eigenvalue weighted by molar-refractivity contribution is -0.151. The summed E-state index contributed by atoms with van der Waals surface area (Å²) in [6, 6.07) is -0.695. The van der Waals surface area contributed by atoms with Crippen LogP contribution in [0.4, 0.5) is 0 Å². The van der Waals surface area contributed by atoms with E-state index in [1.165, 1.54) is 148 Å². The molecule has 6 nitrogen and oxygen atoms in total.